The minimum Gasteiger partial charge on any atom is -0.363 e. The zero-order valence-corrected chi connectivity index (χ0v) is 17.4. The Morgan fingerprint density at radius 1 is 1.29 bits per heavy atom. The van der Waals surface area contributed by atoms with Crippen LogP contribution < -0.4 is 16.0 Å². The molecular formula is C22H26FN7O. The van der Waals surface area contributed by atoms with Crippen LogP contribution in [0.5, 0.6) is 0 Å². The van der Waals surface area contributed by atoms with Crippen molar-refractivity contribution in [3.63, 3.8) is 0 Å². The predicted molar refractivity (Wildman–Crippen MR) is 120 cm³/mol. The number of pyridine rings is 2. The molecule has 1 aliphatic carbocycles. The number of halogens is 1. The van der Waals surface area contributed by atoms with Crippen LogP contribution in [0.25, 0.3) is 10.9 Å². The maximum absolute atomic E-state index is 14.2. The van der Waals surface area contributed by atoms with Crippen molar-refractivity contribution in [3.8, 4) is 0 Å². The molecule has 1 saturated carbocycles. The second-order valence-electron chi connectivity index (χ2n) is 7.90. The molecule has 31 heavy (non-hydrogen) atoms. The molecule has 2 fully saturated rings. The Morgan fingerprint density at radius 2 is 2.13 bits per heavy atom. The molecule has 0 bridgehead atoms. The van der Waals surface area contributed by atoms with Crippen molar-refractivity contribution in [2.75, 3.05) is 18.4 Å². The number of piperidine rings is 1. The van der Waals surface area contributed by atoms with Crippen LogP contribution in [0.4, 0.5) is 10.2 Å². The number of hydrogen-bond acceptors (Lipinski definition) is 7. The summed E-state index contributed by atoms with van der Waals surface area (Å²) in [6.45, 7) is 6.41. The summed E-state index contributed by atoms with van der Waals surface area (Å²) in [7, 11) is 0. The molecule has 0 radical (unpaired) electrons. The van der Waals surface area contributed by atoms with Crippen LogP contribution in [0.15, 0.2) is 46.5 Å². The third-order valence-electron chi connectivity index (χ3n) is 5.43. The molecule has 2 aromatic rings. The predicted octanol–water partition coefficient (Wildman–Crippen LogP) is 2.58. The number of aromatic nitrogens is 2. The lowest BCUT2D eigenvalue weighted by Crippen LogP contribution is -2.48. The van der Waals surface area contributed by atoms with Crippen molar-refractivity contribution < 1.29 is 9.18 Å². The second kappa shape index (κ2) is 9.30. The minimum absolute atomic E-state index is 0.00978. The summed E-state index contributed by atoms with van der Waals surface area (Å²) in [5, 5.41) is 9.87. The number of nitrogens with zero attached hydrogens (tertiary/aromatic N) is 4. The minimum atomic E-state index is -1.00. The molecule has 9 heteroatoms. The van der Waals surface area contributed by atoms with Gasteiger partial charge in [0.05, 0.1) is 24.0 Å². The van der Waals surface area contributed by atoms with Gasteiger partial charge in [-0.2, -0.15) is 0 Å². The van der Waals surface area contributed by atoms with Gasteiger partial charge >= 0.3 is 0 Å². The zero-order valence-electron chi connectivity index (χ0n) is 17.4. The summed E-state index contributed by atoms with van der Waals surface area (Å²) in [4.78, 5) is 29.1. The maximum Gasteiger partial charge on any atom is 0.228 e. The van der Waals surface area contributed by atoms with Crippen molar-refractivity contribution in [2.45, 2.75) is 38.4 Å². The van der Waals surface area contributed by atoms with Crippen molar-refractivity contribution >= 4 is 35.1 Å². The van der Waals surface area contributed by atoms with Crippen molar-refractivity contribution in [1.82, 2.24) is 20.6 Å². The van der Waals surface area contributed by atoms with Crippen LogP contribution in [0.2, 0.25) is 0 Å². The highest BCUT2D eigenvalue weighted by molar-refractivity contribution is 6.02. The number of fused-ring (bicyclic) bond motifs is 1. The first kappa shape index (κ1) is 21.0. The number of anilines is 1. The van der Waals surface area contributed by atoms with Gasteiger partial charge in [0.1, 0.15) is 17.8 Å². The van der Waals surface area contributed by atoms with Crippen molar-refractivity contribution in [3.05, 3.63) is 42.1 Å². The van der Waals surface area contributed by atoms with E-state index in [9.17, 15) is 9.18 Å². The highest BCUT2D eigenvalue weighted by Gasteiger charge is 2.29. The molecule has 1 saturated heterocycles. The Kier molecular flexibility index (Phi) is 6.31. The molecule has 2 aromatic heterocycles. The number of carbonyl (C=O) groups excluding carboxylic acids is 1. The lowest BCUT2D eigenvalue weighted by Gasteiger charge is -2.28. The molecule has 162 valence electrons. The second-order valence-corrected chi connectivity index (χ2v) is 7.90. The van der Waals surface area contributed by atoms with E-state index in [0.29, 0.717) is 30.3 Å². The number of amides is 1. The lowest BCUT2D eigenvalue weighted by atomic mass is 10.1. The highest BCUT2D eigenvalue weighted by Crippen LogP contribution is 2.30. The molecule has 0 spiro atoms. The zero-order chi connectivity index (χ0) is 21.8. The van der Waals surface area contributed by atoms with Gasteiger partial charge in [-0.25, -0.2) is 14.4 Å². The molecular weight excluding hydrogens is 397 g/mol. The van der Waals surface area contributed by atoms with Gasteiger partial charge in [-0.1, -0.05) is 0 Å². The Morgan fingerprint density at radius 3 is 2.87 bits per heavy atom. The standard InChI is InChI=1S/C22H26FN7O/c1-13(28-21(12-24-2)29-18-5-6-25-10-17(18)23)16-7-15-8-20(27-11-19(15)26-9-16)30-22(31)14-3-4-14/h7-9,11-12,14,17-18,25,29H,2-6,10H2,1H3,(H,27,30,31)/b21-12+,28-13+/t17-,18-/m0/s1. The van der Waals surface area contributed by atoms with E-state index in [1.165, 1.54) is 6.20 Å². The third kappa shape index (κ3) is 5.29. The molecule has 8 nitrogen and oxygen atoms in total. The quantitative estimate of drug-likeness (QED) is 0.594. The number of carbonyl (C=O) groups is 1. The normalized spacial score (nSPS) is 22.3. The summed E-state index contributed by atoms with van der Waals surface area (Å²) in [6, 6.07) is 3.42. The Hall–Kier alpha value is -3.20. The Labute approximate surface area is 180 Å². The number of aliphatic imine (C=N–C) groups is 2. The summed E-state index contributed by atoms with van der Waals surface area (Å²) < 4.78 is 14.2. The van der Waals surface area contributed by atoms with Gasteiger partial charge < -0.3 is 16.0 Å². The molecule has 2 aliphatic rings. The van der Waals surface area contributed by atoms with Gasteiger partial charge in [0.15, 0.2) is 0 Å². The largest absolute Gasteiger partial charge is 0.363 e. The van der Waals surface area contributed by atoms with Crippen molar-refractivity contribution in [1.29, 1.82) is 0 Å². The van der Waals surface area contributed by atoms with Gasteiger partial charge in [-0.15, -0.1) is 0 Å². The summed E-state index contributed by atoms with van der Waals surface area (Å²) >= 11 is 0. The average molecular weight is 423 g/mol. The van der Waals surface area contributed by atoms with E-state index in [0.717, 1.165) is 35.9 Å². The molecule has 3 heterocycles. The van der Waals surface area contributed by atoms with E-state index in [1.54, 1.807) is 12.4 Å². The van der Waals surface area contributed by atoms with Gasteiger partial charge in [0.2, 0.25) is 5.91 Å². The smallest absolute Gasteiger partial charge is 0.228 e. The first-order valence-electron chi connectivity index (χ1n) is 10.4. The van der Waals surface area contributed by atoms with Crippen LogP contribution in [-0.2, 0) is 4.79 Å². The van der Waals surface area contributed by atoms with Crippen LogP contribution in [-0.4, -0.2) is 53.6 Å². The average Bonchev–Trinajstić information content (AvgIpc) is 3.60. The van der Waals surface area contributed by atoms with E-state index in [4.69, 9.17) is 0 Å². The number of nitrogens with one attached hydrogen (secondary N) is 3. The summed E-state index contributed by atoms with van der Waals surface area (Å²) in [6.07, 6.45) is 6.37. The maximum atomic E-state index is 14.2. The monoisotopic (exact) mass is 423 g/mol. The van der Waals surface area contributed by atoms with Gasteiger partial charge in [0.25, 0.3) is 0 Å². The molecule has 0 unspecified atom stereocenters. The molecule has 4 rings (SSSR count). The van der Waals surface area contributed by atoms with E-state index >= 15 is 0 Å². The first-order valence-corrected chi connectivity index (χ1v) is 10.4. The third-order valence-corrected chi connectivity index (χ3v) is 5.43. The van der Waals surface area contributed by atoms with Crippen LogP contribution in [0.3, 0.4) is 0 Å². The number of hydrogen-bond donors (Lipinski definition) is 3. The lowest BCUT2D eigenvalue weighted by molar-refractivity contribution is -0.117. The molecule has 1 amide bonds. The van der Waals surface area contributed by atoms with Gasteiger partial charge in [0, 0.05) is 35.3 Å². The van der Waals surface area contributed by atoms with Gasteiger partial charge in [-0.3, -0.25) is 14.8 Å². The fourth-order valence-corrected chi connectivity index (χ4v) is 3.47. The van der Waals surface area contributed by atoms with Gasteiger partial charge in [-0.05, 0) is 51.6 Å². The molecule has 0 aromatic carbocycles. The summed E-state index contributed by atoms with van der Waals surface area (Å²) in [5.41, 5.74) is 2.22. The molecule has 2 atom stereocenters. The van der Waals surface area contributed by atoms with E-state index in [2.05, 4.69) is 42.6 Å². The van der Waals surface area contributed by atoms with E-state index in [-0.39, 0.29) is 17.9 Å². The number of alkyl halides is 1. The van der Waals surface area contributed by atoms with Crippen LogP contribution in [0, 0.1) is 5.92 Å². The summed E-state index contributed by atoms with van der Waals surface area (Å²) in [5.74, 6) is 1.08. The van der Waals surface area contributed by atoms with E-state index < -0.39 is 6.17 Å². The Balaban J connectivity index is 1.54. The van der Waals surface area contributed by atoms with Crippen molar-refractivity contribution in [2.24, 2.45) is 15.9 Å². The van der Waals surface area contributed by atoms with Crippen LogP contribution >= 0.6 is 0 Å². The fraction of sp³-hybridized carbons (Fsp3) is 0.409. The molecule has 3 N–H and O–H groups in total. The first-order chi connectivity index (χ1) is 15.0. The number of rotatable bonds is 7. The Bertz CT molecular complexity index is 1050. The van der Waals surface area contributed by atoms with Crippen LogP contribution in [0.1, 0.15) is 31.7 Å². The fourth-order valence-electron chi connectivity index (χ4n) is 3.47. The molecule has 1 aliphatic heterocycles. The topological polar surface area (TPSA) is 104 Å². The SMILES string of the molecule is C=N/C=C(\N=C(/C)c1cnc2cnc(NC(=O)C3CC3)cc2c1)N[C@H]1CCNC[C@@H]1F. The highest BCUT2D eigenvalue weighted by atomic mass is 19.1. The van der Waals surface area contributed by atoms with E-state index in [1.807, 2.05) is 19.1 Å².